The summed E-state index contributed by atoms with van der Waals surface area (Å²) in [6.45, 7) is 5.83. The second-order valence-corrected chi connectivity index (χ2v) is 10.4. The van der Waals surface area contributed by atoms with Crippen LogP contribution in [0.15, 0.2) is 71.1 Å². The molecule has 8 heteroatoms. The van der Waals surface area contributed by atoms with Crippen LogP contribution in [0.3, 0.4) is 0 Å². The van der Waals surface area contributed by atoms with Crippen molar-refractivity contribution in [2.75, 3.05) is 24.3 Å². The van der Waals surface area contributed by atoms with Crippen LogP contribution in [0.4, 0.5) is 24.5 Å². The summed E-state index contributed by atoms with van der Waals surface area (Å²) in [4.78, 5) is 28.9. The van der Waals surface area contributed by atoms with E-state index in [0.717, 1.165) is 29.1 Å². The highest BCUT2D eigenvalue weighted by molar-refractivity contribution is 6.10. The predicted molar refractivity (Wildman–Crippen MR) is 134 cm³/mol. The largest absolute Gasteiger partial charge is 0.416 e. The summed E-state index contributed by atoms with van der Waals surface area (Å²) in [5.74, 6) is -1.22. The van der Waals surface area contributed by atoms with E-state index in [4.69, 9.17) is 0 Å². The fourth-order valence-electron chi connectivity index (χ4n) is 5.01. The number of alkyl halides is 3. The third kappa shape index (κ3) is 5.03. The molecule has 1 aliphatic carbocycles. The van der Waals surface area contributed by atoms with Crippen LogP contribution in [-0.2, 0) is 15.8 Å². The Hall–Kier alpha value is -3.55. The van der Waals surface area contributed by atoms with Gasteiger partial charge in [0.2, 0.25) is 0 Å². The third-order valence-electron chi connectivity index (χ3n) is 6.67. The van der Waals surface area contributed by atoms with E-state index in [1.54, 1.807) is 6.92 Å². The van der Waals surface area contributed by atoms with Gasteiger partial charge in [-0.1, -0.05) is 32.0 Å². The number of Topliss-reactive ketones (excluding diaryl/α,β-unsaturated/α-hetero) is 1. The Morgan fingerprint density at radius 1 is 1.08 bits per heavy atom. The molecule has 2 aromatic rings. The molecule has 1 atom stereocenters. The van der Waals surface area contributed by atoms with Gasteiger partial charge in [0.15, 0.2) is 5.78 Å². The monoisotopic (exact) mass is 497 g/mol. The molecule has 2 aliphatic rings. The first kappa shape index (κ1) is 25.5. The molecule has 0 spiro atoms. The van der Waals surface area contributed by atoms with Crippen molar-refractivity contribution >= 4 is 23.1 Å². The molecular formula is C28H30F3N3O2. The van der Waals surface area contributed by atoms with E-state index < -0.39 is 23.6 Å². The molecular weight excluding hydrogens is 467 g/mol. The van der Waals surface area contributed by atoms with Gasteiger partial charge in [0.1, 0.15) is 0 Å². The summed E-state index contributed by atoms with van der Waals surface area (Å²) in [6, 6.07) is 12.2. The van der Waals surface area contributed by atoms with Crippen molar-refractivity contribution in [2.24, 2.45) is 5.41 Å². The molecule has 0 bridgehead atoms. The molecule has 36 heavy (non-hydrogen) atoms. The molecule has 2 aromatic carbocycles. The molecule has 0 aromatic heterocycles. The fourth-order valence-corrected chi connectivity index (χ4v) is 5.01. The van der Waals surface area contributed by atoms with Gasteiger partial charge in [-0.15, -0.1) is 0 Å². The van der Waals surface area contributed by atoms with Gasteiger partial charge in [-0.3, -0.25) is 9.59 Å². The molecule has 1 unspecified atom stereocenters. The Bertz CT molecular complexity index is 1270. The summed E-state index contributed by atoms with van der Waals surface area (Å²) >= 11 is 0. The van der Waals surface area contributed by atoms with E-state index in [0.29, 0.717) is 29.7 Å². The van der Waals surface area contributed by atoms with E-state index in [-0.39, 0.29) is 16.9 Å². The summed E-state index contributed by atoms with van der Waals surface area (Å²) < 4.78 is 39.6. The summed E-state index contributed by atoms with van der Waals surface area (Å²) in [5.41, 5.74) is 2.94. The SMILES string of the molecule is CC1=C(C(=O)Nc2cccc(C(F)(F)F)c2)C(c2ccc(N(C)C)cc2)C2=C(CC(C)(C)CC2=O)N1. The number of rotatable bonds is 4. The molecule has 0 saturated carbocycles. The Morgan fingerprint density at radius 3 is 2.36 bits per heavy atom. The van der Waals surface area contributed by atoms with E-state index in [2.05, 4.69) is 10.6 Å². The number of allylic oxidation sites excluding steroid dienone is 3. The standard InChI is InChI=1S/C28H30F3N3O2/c1-16-23(26(36)33-19-8-6-7-18(13-19)28(29,30)31)24(17-9-11-20(12-10-17)34(4)5)25-21(32-16)14-27(2,3)15-22(25)35/h6-13,24,32H,14-15H2,1-5H3,(H,33,36). The number of halogens is 3. The number of anilines is 2. The quantitative estimate of drug-likeness (QED) is 0.543. The first-order chi connectivity index (χ1) is 16.8. The van der Waals surface area contributed by atoms with Crippen LogP contribution in [0, 0.1) is 5.41 Å². The highest BCUT2D eigenvalue weighted by atomic mass is 19.4. The summed E-state index contributed by atoms with van der Waals surface area (Å²) in [6.07, 6.45) is -3.53. The van der Waals surface area contributed by atoms with Crippen molar-refractivity contribution in [3.05, 3.63) is 82.2 Å². The van der Waals surface area contributed by atoms with Crippen molar-refractivity contribution < 1.29 is 22.8 Å². The molecule has 1 heterocycles. The second-order valence-electron chi connectivity index (χ2n) is 10.4. The van der Waals surface area contributed by atoms with Crippen molar-refractivity contribution in [1.82, 2.24) is 5.32 Å². The molecule has 2 N–H and O–H groups in total. The van der Waals surface area contributed by atoms with E-state index in [9.17, 15) is 22.8 Å². The lowest BCUT2D eigenvalue weighted by Gasteiger charge is -2.39. The zero-order valence-electron chi connectivity index (χ0n) is 21.0. The number of carbonyl (C=O) groups excluding carboxylic acids is 2. The van der Waals surface area contributed by atoms with Gasteiger partial charge < -0.3 is 15.5 Å². The van der Waals surface area contributed by atoms with Gasteiger partial charge in [-0.05, 0) is 54.7 Å². The van der Waals surface area contributed by atoms with E-state index in [1.807, 2.05) is 57.1 Å². The maximum atomic E-state index is 13.6. The van der Waals surface area contributed by atoms with Gasteiger partial charge >= 0.3 is 6.18 Å². The van der Waals surface area contributed by atoms with Crippen molar-refractivity contribution in [3.63, 3.8) is 0 Å². The predicted octanol–water partition coefficient (Wildman–Crippen LogP) is 6.01. The number of dihydropyridines is 1. The highest BCUT2D eigenvalue weighted by Crippen LogP contribution is 2.47. The smallest absolute Gasteiger partial charge is 0.378 e. The van der Waals surface area contributed by atoms with Gasteiger partial charge in [-0.25, -0.2) is 0 Å². The molecule has 0 radical (unpaired) electrons. The van der Waals surface area contributed by atoms with Crippen molar-refractivity contribution in [2.45, 2.75) is 45.7 Å². The number of hydrogen-bond acceptors (Lipinski definition) is 4. The van der Waals surface area contributed by atoms with Crippen LogP contribution >= 0.6 is 0 Å². The van der Waals surface area contributed by atoms with Gasteiger partial charge in [-0.2, -0.15) is 13.2 Å². The van der Waals surface area contributed by atoms with Crippen LogP contribution in [-0.4, -0.2) is 25.8 Å². The second kappa shape index (κ2) is 9.15. The van der Waals surface area contributed by atoms with Crippen molar-refractivity contribution in [1.29, 1.82) is 0 Å². The van der Waals surface area contributed by atoms with Crippen LogP contribution < -0.4 is 15.5 Å². The molecule has 1 aliphatic heterocycles. The maximum absolute atomic E-state index is 13.6. The molecule has 1 amide bonds. The lowest BCUT2D eigenvalue weighted by Crippen LogP contribution is -2.39. The van der Waals surface area contributed by atoms with Gasteiger partial charge in [0, 0.05) is 60.3 Å². The first-order valence-electron chi connectivity index (χ1n) is 11.8. The number of nitrogens with zero attached hydrogens (tertiary/aromatic N) is 1. The number of nitrogens with one attached hydrogen (secondary N) is 2. The summed E-state index contributed by atoms with van der Waals surface area (Å²) in [7, 11) is 3.84. The number of hydrogen-bond donors (Lipinski definition) is 2. The molecule has 0 fully saturated rings. The maximum Gasteiger partial charge on any atom is 0.416 e. The van der Waals surface area contributed by atoms with E-state index >= 15 is 0 Å². The number of amides is 1. The normalized spacial score (nSPS) is 19.6. The lowest BCUT2D eigenvalue weighted by atomic mass is 9.68. The van der Waals surface area contributed by atoms with Crippen LogP contribution in [0.2, 0.25) is 0 Å². The van der Waals surface area contributed by atoms with Gasteiger partial charge in [0.05, 0.1) is 5.56 Å². The zero-order chi connectivity index (χ0) is 26.4. The first-order valence-corrected chi connectivity index (χ1v) is 11.8. The van der Waals surface area contributed by atoms with Crippen LogP contribution in [0.1, 0.15) is 50.7 Å². The Labute approximate surface area is 209 Å². The third-order valence-corrected chi connectivity index (χ3v) is 6.67. The number of carbonyl (C=O) groups is 2. The summed E-state index contributed by atoms with van der Waals surface area (Å²) in [5, 5.41) is 5.91. The topological polar surface area (TPSA) is 61.4 Å². The van der Waals surface area contributed by atoms with Crippen LogP contribution in [0.25, 0.3) is 0 Å². The van der Waals surface area contributed by atoms with E-state index in [1.165, 1.54) is 12.1 Å². The van der Waals surface area contributed by atoms with Crippen molar-refractivity contribution in [3.8, 4) is 0 Å². The van der Waals surface area contributed by atoms with Gasteiger partial charge in [0.25, 0.3) is 5.91 Å². The molecule has 0 saturated heterocycles. The lowest BCUT2D eigenvalue weighted by molar-refractivity contribution is -0.137. The Morgan fingerprint density at radius 2 is 1.75 bits per heavy atom. The minimum absolute atomic E-state index is 0.0349. The Kier molecular flexibility index (Phi) is 6.49. The zero-order valence-corrected chi connectivity index (χ0v) is 21.0. The fraction of sp³-hybridized carbons (Fsp3) is 0.357. The molecule has 190 valence electrons. The number of benzene rings is 2. The Balaban J connectivity index is 1.78. The average molecular weight is 498 g/mol. The van der Waals surface area contributed by atoms with Crippen LogP contribution in [0.5, 0.6) is 0 Å². The minimum atomic E-state index is -4.53. The molecule has 4 rings (SSSR count). The average Bonchev–Trinajstić information content (AvgIpc) is 2.76. The molecule has 5 nitrogen and oxygen atoms in total. The minimum Gasteiger partial charge on any atom is -0.378 e. The highest BCUT2D eigenvalue weighted by Gasteiger charge is 2.42. The number of ketones is 1.